The van der Waals surface area contributed by atoms with E-state index < -0.39 is 0 Å². The van der Waals surface area contributed by atoms with Crippen LogP contribution in [0.4, 0.5) is 0 Å². The predicted molar refractivity (Wildman–Crippen MR) is 60.4 cm³/mol. The minimum atomic E-state index is 0.544. The summed E-state index contributed by atoms with van der Waals surface area (Å²) in [6.45, 7) is 2.08. The molecule has 0 aliphatic carbocycles. The number of halogens is 1. The Morgan fingerprint density at radius 1 is 0.929 bits per heavy atom. The molecule has 1 heterocycles. The minimum Gasteiger partial charge on any atom is -0.245 e. The Kier molecular flexibility index (Phi) is 4.73. The molecule has 1 aromatic carbocycles. The number of rotatable bonds is 0. The van der Waals surface area contributed by atoms with E-state index in [2.05, 4.69) is 24.0 Å². The third-order valence-electron chi connectivity index (χ3n) is 1.57. The molecule has 1 aromatic heterocycles. The monoisotopic (exact) mass is 205 g/mol. The van der Waals surface area contributed by atoms with Crippen molar-refractivity contribution in [3.8, 4) is 0 Å². The third-order valence-corrected chi connectivity index (χ3v) is 1.79. The van der Waals surface area contributed by atoms with Crippen molar-refractivity contribution in [2.24, 2.45) is 0 Å². The van der Waals surface area contributed by atoms with E-state index in [-0.39, 0.29) is 0 Å². The van der Waals surface area contributed by atoms with E-state index in [1.807, 2.05) is 30.3 Å². The molecule has 72 valence electrons. The second-order valence-electron chi connectivity index (χ2n) is 2.81. The zero-order valence-corrected chi connectivity index (χ0v) is 8.78. The maximum atomic E-state index is 5.43. The minimum absolute atomic E-state index is 0.544. The summed E-state index contributed by atoms with van der Waals surface area (Å²) < 4.78 is 0. The lowest BCUT2D eigenvalue weighted by molar-refractivity contribution is 1.33. The summed E-state index contributed by atoms with van der Waals surface area (Å²) in [4.78, 5) is 3.74. The van der Waals surface area contributed by atoms with Gasteiger partial charge in [0.1, 0.15) is 5.15 Å². The molecule has 0 spiro atoms. The first kappa shape index (κ1) is 10.7. The fraction of sp³-hybridized carbons (Fsp3) is 0.0833. The zero-order valence-electron chi connectivity index (χ0n) is 8.02. The molecular weight excluding hydrogens is 194 g/mol. The number of hydrogen-bond donors (Lipinski definition) is 0. The topological polar surface area (TPSA) is 12.9 Å². The molecule has 2 aromatic rings. The lowest BCUT2D eigenvalue weighted by Gasteiger charge is -1.82. The number of aromatic nitrogens is 1. The van der Waals surface area contributed by atoms with Crippen LogP contribution in [-0.2, 0) is 0 Å². The molecular formula is C12H12ClN. The lowest BCUT2D eigenvalue weighted by atomic mass is 10.2. The molecule has 0 bridgehead atoms. The summed E-state index contributed by atoms with van der Waals surface area (Å²) in [7, 11) is 0. The van der Waals surface area contributed by atoms with Gasteiger partial charge >= 0.3 is 0 Å². The van der Waals surface area contributed by atoms with E-state index in [9.17, 15) is 0 Å². The van der Waals surface area contributed by atoms with Gasteiger partial charge in [0.25, 0.3) is 0 Å². The molecule has 0 atom stereocenters. The highest BCUT2D eigenvalue weighted by Crippen LogP contribution is 1.98. The van der Waals surface area contributed by atoms with Crippen LogP contribution in [0.25, 0.3) is 0 Å². The molecule has 0 saturated carbocycles. The fourth-order valence-electron chi connectivity index (χ4n) is 0.876. The first-order chi connectivity index (χ1) is 6.79. The smallest absolute Gasteiger partial charge is 0.129 e. The van der Waals surface area contributed by atoms with Crippen LogP contribution in [0.2, 0.25) is 5.15 Å². The van der Waals surface area contributed by atoms with Crippen LogP contribution in [0.3, 0.4) is 0 Å². The average Bonchev–Trinajstić information content (AvgIpc) is 2.21. The van der Waals surface area contributed by atoms with Gasteiger partial charge in [0, 0.05) is 6.20 Å². The number of pyridine rings is 1. The molecule has 14 heavy (non-hydrogen) atoms. The van der Waals surface area contributed by atoms with E-state index >= 15 is 0 Å². The van der Waals surface area contributed by atoms with E-state index in [4.69, 9.17) is 11.6 Å². The summed E-state index contributed by atoms with van der Waals surface area (Å²) in [6.07, 6.45) is 1.66. The van der Waals surface area contributed by atoms with Crippen LogP contribution >= 0.6 is 11.6 Å². The molecule has 0 fully saturated rings. The third kappa shape index (κ3) is 4.63. The standard InChI is InChI=1S/C7H8.C5H4ClN/c1-7-5-3-2-4-6-7;6-5-3-1-2-4-7-5/h2-6H,1H3;1-4H. The molecule has 1 nitrogen and oxygen atoms in total. The lowest BCUT2D eigenvalue weighted by Crippen LogP contribution is -1.65. The maximum Gasteiger partial charge on any atom is 0.129 e. The number of hydrogen-bond acceptors (Lipinski definition) is 1. The van der Waals surface area contributed by atoms with Crippen molar-refractivity contribution in [2.45, 2.75) is 6.92 Å². The normalized spacial score (nSPS) is 8.71. The van der Waals surface area contributed by atoms with Gasteiger partial charge in [-0.1, -0.05) is 53.6 Å². The van der Waals surface area contributed by atoms with Crippen molar-refractivity contribution < 1.29 is 0 Å². The second-order valence-corrected chi connectivity index (χ2v) is 3.19. The van der Waals surface area contributed by atoms with Crippen molar-refractivity contribution in [3.05, 3.63) is 65.4 Å². The van der Waals surface area contributed by atoms with Crippen molar-refractivity contribution in [2.75, 3.05) is 0 Å². The van der Waals surface area contributed by atoms with Crippen LogP contribution in [0.1, 0.15) is 5.56 Å². The second kappa shape index (κ2) is 6.17. The first-order valence-electron chi connectivity index (χ1n) is 4.37. The van der Waals surface area contributed by atoms with Crippen LogP contribution in [0.15, 0.2) is 54.7 Å². The van der Waals surface area contributed by atoms with Crippen molar-refractivity contribution in [1.82, 2.24) is 4.98 Å². The number of nitrogens with zero attached hydrogens (tertiary/aromatic N) is 1. The Morgan fingerprint density at radius 3 is 1.86 bits per heavy atom. The van der Waals surface area contributed by atoms with Crippen molar-refractivity contribution in [3.63, 3.8) is 0 Å². The van der Waals surface area contributed by atoms with Gasteiger partial charge in [0.15, 0.2) is 0 Å². The Labute approximate surface area is 89.4 Å². The highest BCUT2D eigenvalue weighted by molar-refractivity contribution is 6.29. The maximum absolute atomic E-state index is 5.43. The van der Waals surface area contributed by atoms with Crippen LogP contribution in [0, 0.1) is 6.92 Å². The molecule has 0 aliphatic heterocycles. The summed E-state index contributed by atoms with van der Waals surface area (Å²) >= 11 is 5.43. The summed E-state index contributed by atoms with van der Waals surface area (Å²) in [5.41, 5.74) is 1.32. The molecule has 0 amide bonds. The first-order valence-corrected chi connectivity index (χ1v) is 4.75. The van der Waals surface area contributed by atoms with Crippen LogP contribution in [-0.4, -0.2) is 4.98 Å². The van der Waals surface area contributed by atoms with E-state index in [1.54, 1.807) is 12.3 Å². The average molecular weight is 206 g/mol. The molecule has 0 N–H and O–H groups in total. The molecule has 0 radical (unpaired) electrons. The Balaban J connectivity index is 0.000000140. The molecule has 0 aliphatic rings. The van der Waals surface area contributed by atoms with Gasteiger partial charge in [-0.15, -0.1) is 0 Å². The quantitative estimate of drug-likeness (QED) is 0.598. The highest BCUT2D eigenvalue weighted by atomic mass is 35.5. The largest absolute Gasteiger partial charge is 0.245 e. The Hall–Kier alpha value is -1.34. The molecule has 0 unspecified atom stereocenters. The van der Waals surface area contributed by atoms with Gasteiger partial charge in [0.05, 0.1) is 0 Å². The highest BCUT2D eigenvalue weighted by Gasteiger charge is 1.76. The van der Waals surface area contributed by atoms with E-state index in [0.717, 1.165) is 0 Å². The molecule has 2 rings (SSSR count). The summed E-state index contributed by atoms with van der Waals surface area (Å²) in [5.74, 6) is 0. The SMILES string of the molecule is Cc1ccccc1.Clc1ccccn1. The van der Waals surface area contributed by atoms with Gasteiger partial charge in [0.2, 0.25) is 0 Å². The van der Waals surface area contributed by atoms with Crippen LogP contribution in [0.5, 0.6) is 0 Å². The Bertz CT molecular complexity index is 308. The van der Waals surface area contributed by atoms with Gasteiger partial charge < -0.3 is 0 Å². The van der Waals surface area contributed by atoms with Gasteiger partial charge in [-0.2, -0.15) is 0 Å². The van der Waals surface area contributed by atoms with Gasteiger partial charge in [-0.3, -0.25) is 0 Å². The fourth-order valence-corrected chi connectivity index (χ4v) is 1.01. The summed E-state index contributed by atoms with van der Waals surface area (Å²) in [6, 6.07) is 15.7. The summed E-state index contributed by atoms with van der Waals surface area (Å²) in [5, 5.41) is 0.544. The van der Waals surface area contributed by atoms with Crippen molar-refractivity contribution >= 4 is 11.6 Å². The number of aryl methyl sites for hydroxylation is 1. The van der Waals surface area contributed by atoms with Gasteiger partial charge in [-0.25, -0.2) is 4.98 Å². The van der Waals surface area contributed by atoms with Crippen LogP contribution < -0.4 is 0 Å². The van der Waals surface area contributed by atoms with Crippen molar-refractivity contribution in [1.29, 1.82) is 0 Å². The molecule has 2 heteroatoms. The van der Waals surface area contributed by atoms with Gasteiger partial charge in [-0.05, 0) is 19.1 Å². The number of benzene rings is 1. The van der Waals surface area contributed by atoms with E-state index in [0.29, 0.717) is 5.15 Å². The predicted octanol–water partition coefficient (Wildman–Crippen LogP) is 3.73. The zero-order chi connectivity index (χ0) is 10.2. The molecule has 0 saturated heterocycles. The Morgan fingerprint density at radius 2 is 1.57 bits per heavy atom. The van der Waals surface area contributed by atoms with E-state index in [1.165, 1.54) is 5.56 Å².